The Balaban J connectivity index is 2.57. The molecular weight excluding hydrogens is 338 g/mol. The van der Waals surface area contributed by atoms with Gasteiger partial charge in [0.1, 0.15) is 0 Å². The number of benzene rings is 1. The van der Waals surface area contributed by atoms with Crippen molar-refractivity contribution in [3.05, 3.63) is 29.8 Å². The van der Waals surface area contributed by atoms with Crippen LogP contribution in [0, 0.1) is 0 Å². The lowest BCUT2D eigenvalue weighted by Gasteiger charge is -2.23. The largest absolute Gasteiger partial charge is 0.452 e. The van der Waals surface area contributed by atoms with Crippen LogP contribution in [-0.4, -0.2) is 66.8 Å². The predicted molar refractivity (Wildman–Crippen MR) is 96.6 cm³/mol. The van der Waals surface area contributed by atoms with Gasteiger partial charge in [-0.05, 0) is 32.0 Å². The number of amides is 3. The number of ether oxygens (including phenoxy) is 1. The Morgan fingerprint density at radius 1 is 1.08 bits per heavy atom. The van der Waals surface area contributed by atoms with Crippen molar-refractivity contribution in [2.75, 3.05) is 38.6 Å². The van der Waals surface area contributed by atoms with Crippen molar-refractivity contribution >= 4 is 29.4 Å². The van der Waals surface area contributed by atoms with Gasteiger partial charge in [-0.1, -0.05) is 6.07 Å². The average molecular weight is 363 g/mol. The van der Waals surface area contributed by atoms with Gasteiger partial charge in [-0.15, -0.1) is 0 Å². The van der Waals surface area contributed by atoms with Gasteiger partial charge in [0, 0.05) is 32.7 Å². The summed E-state index contributed by atoms with van der Waals surface area (Å²) in [6, 6.07) is 6.21. The van der Waals surface area contributed by atoms with Crippen molar-refractivity contribution in [2.24, 2.45) is 0 Å². The van der Waals surface area contributed by atoms with Crippen LogP contribution >= 0.6 is 0 Å². The van der Waals surface area contributed by atoms with E-state index in [1.165, 1.54) is 31.0 Å². The highest BCUT2D eigenvalue weighted by Crippen LogP contribution is 2.11. The molecule has 0 aliphatic heterocycles. The highest BCUT2D eigenvalue weighted by Gasteiger charge is 2.18. The number of nitrogens with zero attached hydrogens (tertiary/aromatic N) is 2. The van der Waals surface area contributed by atoms with Crippen LogP contribution in [0.25, 0.3) is 0 Å². The standard InChI is InChI=1S/C18H25N3O5/c1-5-21(6-2)16(23)11-20(4)17(24)12-26-18(25)14-8-7-9-15(10-14)19-13(3)22/h7-10H,5-6,11-12H2,1-4H3,(H,19,22). The quantitative estimate of drug-likeness (QED) is 0.699. The second kappa shape index (κ2) is 10.2. The van der Waals surface area contributed by atoms with Crippen LogP contribution in [0.3, 0.4) is 0 Å². The predicted octanol–water partition coefficient (Wildman–Crippen LogP) is 1.13. The van der Waals surface area contributed by atoms with E-state index < -0.39 is 18.5 Å². The van der Waals surface area contributed by atoms with Gasteiger partial charge < -0.3 is 19.9 Å². The van der Waals surface area contributed by atoms with Gasteiger partial charge in [-0.2, -0.15) is 0 Å². The molecule has 0 atom stereocenters. The van der Waals surface area contributed by atoms with E-state index in [2.05, 4.69) is 5.32 Å². The smallest absolute Gasteiger partial charge is 0.338 e. The molecule has 0 aromatic heterocycles. The molecule has 0 aliphatic carbocycles. The molecule has 0 radical (unpaired) electrons. The number of hydrogen-bond acceptors (Lipinski definition) is 5. The maximum absolute atomic E-state index is 12.1. The number of likely N-dealkylation sites (N-methyl/N-ethyl adjacent to an activating group) is 2. The first-order valence-electron chi connectivity index (χ1n) is 8.35. The van der Waals surface area contributed by atoms with Gasteiger partial charge in [-0.25, -0.2) is 4.79 Å². The molecule has 1 aromatic carbocycles. The Morgan fingerprint density at radius 2 is 1.73 bits per heavy atom. The summed E-state index contributed by atoms with van der Waals surface area (Å²) in [4.78, 5) is 50.0. The van der Waals surface area contributed by atoms with Crippen molar-refractivity contribution in [3.8, 4) is 0 Å². The van der Waals surface area contributed by atoms with Gasteiger partial charge in [0.25, 0.3) is 5.91 Å². The maximum Gasteiger partial charge on any atom is 0.338 e. The molecule has 0 spiro atoms. The molecule has 0 saturated heterocycles. The Kier molecular flexibility index (Phi) is 8.27. The van der Waals surface area contributed by atoms with Crippen molar-refractivity contribution in [3.63, 3.8) is 0 Å². The van der Waals surface area contributed by atoms with Crippen LogP contribution in [0.15, 0.2) is 24.3 Å². The molecule has 1 rings (SSSR count). The van der Waals surface area contributed by atoms with Crippen molar-refractivity contribution in [2.45, 2.75) is 20.8 Å². The molecule has 26 heavy (non-hydrogen) atoms. The highest BCUT2D eigenvalue weighted by atomic mass is 16.5. The summed E-state index contributed by atoms with van der Waals surface area (Å²) in [5.41, 5.74) is 0.672. The van der Waals surface area contributed by atoms with Crippen LogP contribution < -0.4 is 5.32 Å². The summed E-state index contributed by atoms with van der Waals surface area (Å²) in [7, 11) is 1.48. The topological polar surface area (TPSA) is 96.0 Å². The van der Waals surface area contributed by atoms with E-state index >= 15 is 0 Å². The van der Waals surface area contributed by atoms with Crippen LogP contribution in [0.5, 0.6) is 0 Å². The summed E-state index contributed by atoms with van der Waals surface area (Å²) < 4.78 is 5.00. The van der Waals surface area contributed by atoms with Gasteiger partial charge in [0.15, 0.2) is 6.61 Å². The van der Waals surface area contributed by atoms with Crippen molar-refractivity contribution in [1.29, 1.82) is 0 Å². The van der Waals surface area contributed by atoms with Crippen molar-refractivity contribution in [1.82, 2.24) is 9.80 Å². The summed E-state index contributed by atoms with van der Waals surface area (Å²) in [5, 5.41) is 2.56. The fraction of sp³-hybridized carbons (Fsp3) is 0.444. The summed E-state index contributed by atoms with van der Waals surface area (Å²) in [6.45, 7) is 5.68. The van der Waals surface area contributed by atoms with Crippen LogP contribution in [0.2, 0.25) is 0 Å². The molecule has 0 aliphatic rings. The zero-order valence-electron chi connectivity index (χ0n) is 15.6. The molecule has 1 aromatic rings. The molecule has 8 nitrogen and oxygen atoms in total. The van der Waals surface area contributed by atoms with Crippen LogP contribution in [0.1, 0.15) is 31.1 Å². The van der Waals surface area contributed by atoms with E-state index in [4.69, 9.17) is 4.74 Å². The van der Waals surface area contributed by atoms with E-state index in [9.17, 15) is 19.2 Å². The van der Waals surface area contributed by atoms with Crippen LogP contribution in [-0.2, 0) is 19.1 Å². The summed E-state index contributed by atoms with van der Waals surface area (Å²) in [5.74, 6) is -1.59. The minimum absolute atomic E-state index is 0.0733. The van der Waals surface area contributed by atoms with Gasteiger partial charge in [0.2, 0.25) is 11.8 Å². The summed E-state index contributed by atoms with van der Waals surface area (Å²) >= 11 is 0. The number of rotatable bonds is 8. The monoisotopic (exact) mass is 363 g/mol. The number of carbonyl (C=O) groups is 4. The molecule has 3 amide bonds. The molecule has 0 bridgehead atoms. The fourth-order valence-electron chi connectivity index (χ4n) is 2.22. The lowest BCUT2D eigenvalue weighted by atomic mass is 10.2. The first-order valence-corrected chi connectivity index (χ1v) is 8.35. The minimum atomic E-state index is -0.686. The SMILES string of the molecule is CCN(CC)C(=O)CN(C)C(=O)COC(=O)c1cccc(NC(C)=O)c1. The molecule has 0 saturated carbocycles. The molecule has 0 heterocycles. The van der Waals surface area contributed by atoms with Crippen LogP contribution in [0.4, 0.5) is 5.69 Å². The molecule has 8 heteroatoms. The normalized spacial score (nSPS) is 10.0. The van der Waals surface area contributed by atoms with E-state index in [1.54, 1.807) is 17.0 Å². The Morgan fingerprint density at radius 3 is 2.31 bits per heavy atom. The third-order valence-electron chi connectivity index (χ3n) is 3.66. The lowest BCUT2D eigenvalue weighted by molar-refractivity contribution is -0.140. The molecule has 142 valence electrons. The lowest BCUT2D eigenvalue weighted by Crippen LogP contribution is -2.42. The number of nitrogens with one attached hydrogen (secondary N) is 1. The molecular formula is C18H25N3O5. The minimum Gasteiger partial charge on any atom is -0.452 e. The zero-order chi connectivity index (χ0) is 19.7. The van der Waals surface area contributed by atoms with E-state index in [0.717, 1.165) is 0 Å². The second-order valence-electron chi connectivity index (χ2n) is 5.65. The molecule has 1 N–H and O–H groups in total. The van der Waals surface area contributed by atoms with Gasteiger partial charge in [0.05, 0.1) is 12.1 Å². The van der Waals surface area contributed by atoms with E-state index in [-0.39, 0.29) is 23.9 Å². The van der Waals surface area contributed by atoms with E-state index in [0.29, 0.717) is 18.8 Å². The molecule has 0 unspecified atom stereocenters. The Bertz CT molecular complexity index is 671. The third-order valence-corrected chi connectivity index (χ3v) is 3.66. The number of carbonyl (C=O) groups excluding carboxylic acids is 4. The number of esters is 1. The number of anilines is 1. The first-order chi connectivity index (χ1) is 12.3. The molecule has 0 fully saturated rings. The van der Waals surface area contributed by atoms with Crippen molar-refractivity contribution < 1.29 is 23.9 Å². The fourth-order valence-corrected chi connectivity index (χ4v) is 2.22. The second-order valence-corrected chi connectivity index (χ2v) is 5.65. The zero-order valence-corrected chi connectivity index (χ0v) is 15.6. The van der Waals surface area contributed by atoms with E-state index in [1.807, 2.05) is 13.8 Å². The maximum atomic E-state index is 12.1. The van der Waals surface area contributed by atoms with Gasteiger partial charge >= 0.3 is 5.97 Å². The first kappa shape index (κ1) is 21.1. The Labute approximate surface area is 153 Å². The van der Waals surface area contributed by atoms with Gasteiger partial charge in [-0.3, -0.25) is 14.4 Å². The average Bonchev–Trinajstić information content (AvgIpc) is 2.59. The highest BCUT2D eigenvalue weighted by molar-refractivity contribution is 5.95. The number of hydrogen-bond donors (Lipinski definition) is 1. The Hall–Kier alpha value is -2.90. The summed E-state index contributed by atoms with van der Waals surface area (Å²) in [6.07, 6.45) is 0. The third kappa shape index (κ3) is 6.54.